The first-order valence-corrected chi connectivity index (χ1v) is 19.4. The molecule has 1 spiro atoms. The molecule has 7 aromatic carbocycles. The summed E-state index contributed by atoms with van der Waals surface area (Å²) in [5.74, 6) is 1.86. The zero-order valence-corrected chi connectivity index (χ0v) is 30.4. The van der Waals surface area contributed by atoms with Crippen molar-refractivity contribution in [2.45, 2.75) is 37.5 Å². The Balaban J connectivity index is 1.04. The van der Waals surface area contributed by atoms with E-state index in [9.17, 15) is 0 Å². The summed E-state index contributed by atoms with van der Waals surface area (Å²) < 4.78 is 6.29. The summed E-state index contributed by atoms with van der Waals surface area (Å²) in [6.45, 7) is 0. The van der Waals surface area contributed by atoms with Crippen molar-refractivity contribution in [2.24, 2.45) is 0 Å². The molecule has 0 radical (unpaired) electrons. The maximum Gasteiger partial charge on any atom is 0.164 e. The molecule has 1 fully saturated rings. The van der Waals surface area contributed by atoms with E-state index in [1.165, 1.54) is 59.9 Å². The van der Waals surface area contributed by atoms with Gasteiger partial charge in [-0.2, -0.15) is 0 Å². The third-order valence-corrected chi connectivity index (χ3v) is 11.9. The smallest absolute Gasteiger partial charge is 0.164 e. The number of benzene rings is 7. The van der Waals surface area contributed by atoms with Gasteiger partial charge in [-0.05, 0) is 93.7 Å². The van der Waals surface area contributed by atoms with Crippen molar-refractivity contribution in [3.8, 4) is 67.5 Å². The van der Waals surface area contributed by atoms with Crippen LogP contribution >= 0.6 is 0 Å². The minimum atomic E-state index is 0.144. The summed E-state index contributed by atoms with van der Waals surface area (Å²) in [6.07, 6.45) is 6.37. The molecule has 0 bridgehead atoms. The van der Waals surface area contributed by atoms with Gasteiger partial charge in [0, 0.05) is 32.9 Å². The minimum Gasteiger partial charge on any atom is -0.456 e. The fourth-order valence-electron chi connectivity index (χ4n) is 9.27. The van der Waals surface area contributed by atoms with Gasteiger partial charge in [-0.15, -0.1) is 0 Å². The molecule has 2 heterocycles. The molecule has 55 heavy (non-hydrogen) atoms. The van der Waals surface area contributed by atoms with Crippen LogP contribution in [0.5, 0.6) is 0 Å². The van der Waals surface area contributed by atoms with Gasteiger partial charge in [0.05, 0.1) is 0 Å². The number of furan rings is 1. The molecule has 0 amide bonds. The predicted molar refractivity (Wildman–Crippen MR) is 224 cm³/mol. The van der Waals surface area contributed by atoms with Gasteiger partial charge in [-0.1, -0.05) is 147 Å². The lowest BCUT2D eigenvalue weighted by Crippen LogP contribution is -2.27. The third kappa shape index (κ3) is 5.32. The van der Waals surface area contributed by atoms with E-state index < -0.39 is 0 Å². The Bertz CT molecular complexity index is 2920. The molecular weight excluding hydrogens is 671 g/mol. The van der Waals surface area contributed by atoms with Crippen molar-refractivity contribution in [3.63, 3.8) is 0 Å². The molecule has 9 aromatic rings. The highest BCUT2D eigenvalue weighted by Crippen LogP contribution is 2.56. The van der Waals surface area contributed by atoms with Gasteiger partial charge in [-0.25, -0.2) is 15.0 Å². The number of rotatable bonds is 5. The Morgan fingerprint density at radius 1 is 0.364 bits per heavy atom. The molecule has 11 rings (SSSR count). The van der Waals surface area contributed by atoms with E-state index in [1.54, 1.807) is 0 Å². The minimum absolute atomic E-state index is 0.144. The van der Waals surface area contributed by atoms with Crippen molar-refractivity contribution in [1.29, 1.82) is 0 Å². The largest absolute Gasteiger partial charge is 0.456 e. The van der Waals surface area contributed by atoms with Gasteiger partial charge >= 0.3 is 0 Å². The van der Waals surface area contributed by atoms with Gasteiger partial charge in [0.1, 0.15) is 11.2 Å². The average molecular weight is 708 g/mol. The van der Waals surface area contributed by atoms with Crippen LogP contribution in [0.15, 0.2) is 168 Å². The highest BCUT2D eigenvalue weighted by Gasteiger charge is 2.43. The lowest BCUT2D eigenvalue weighted by atomic mass is 9.68. The zero-order chi connectivity index (χ0) is 36.3. The first-order valence-electron chi connectivity index (χ1n) is 19.4. The molecular formula is C51H37N3O. The van der Waals surface area contributed by atoms with E-state index in [1.807, 2.05) is 24.3 Å². The Kier molecular flexibility index (Phi) is 7.38. The molecule has 0 N–H and O–H groups in total. The number of para-hydroxylation sites is 1. The molecule has 2 aliphatic rings. The fourth-order valence-corrected chi connectivity index (χ4v) is 9.27. The van der Waals surface area contributed by atoms with E-state index in [0.717, 1.165) is 55.3 Å². The number of hydrogen-bond donors (Lipinski definition) is 0. The fraction of sp³-hybridized carbons (Fsp3) is 0.118. The van der Waals surface area contributed by atoms with Gasteiger partial charge in [-0.3, -0.25) is 0 Å². The lowest BCUT2D eigenvalue weighted by Gasteiger charge is -2.36. The van der Waals surface area contributed by atoms with E-state index in [0.29, 0.717) is 17.5 Å². The number of aromatic nitrogens is 3. The molecule has 0 unspecified atom stereocenters. The quantitative estimate of drug-likeness (QED) is 0.179. The van der Waals surface area contributed by atoms with E-state index in [2.05, 4.69) is 140 Å². The second-order valence-electron chi connectivity index (χ2n) is 15.1. The third-order valence-electron chi connectivity index (χ3n) is 11.9. The SMILES string of the molecule is c1ccc(-c2cccc(-c3nc(-c4cccc(-c5ccc6c(c5)-c5ccccc5C65CCCCC5)c4)nc(-c4ccc5c(c4)oc4ccccc45)n3)c2)cc1. The van der Waals surface area contributed by atoms with Crippen LogP contribution < -0.4 is 0 Å². The summed E-state index contributed by atoms with van der Waals surface area (Å²) >= 11 is 0. The number of nitrogens with zero attached hydrogens (tertiary/aromatic N) is 3. The van der Waals surface area contributed by atoms with Gasteiger partial charge in [0.15, 0.2) is 17.5 Å². The van der Waals surface area contributed by atoms with Crippen LogP contribution in [0.2, 0.25) is 0 Å². The molecule has 2 aliphatic carbocycles. The Hall–Kier alpha value is -6.65. The molecule has 0 atom stereocenters. The van der Waals surface area contributed by atoms with Crippen molar-refractivity contribution in [3.05, 3.63) is 175 Å². The van der Waals surface area contributed by atoms with E-state index in [4.69, 9.17) is 19.4 Å². The second kappa shape index (κ2) is 12.7. The van der Waals surface area contributed by atoms with Crippen molar-refractivity contribution in [1.82, 2.24) is 15.0 Å². The first kappa shape index (κ1) is 31.8. The maximum atomic E-state index is 6.29. The van der Waals surface area contributed by atoms with Gasteiger partial charge < -0.3 is 4.42 Å². The predicted octanol–water partition coefficient (Wildman–Crippen LogP) is 13.3. The molecule has 262 valence electrons. The summed E-state index contributed by atoms with van der Waals surface area (Å²) in [6, 6.07) is 58.2. The van der Waals surface area contributed by atoms with E-state index in [-0.39, 0.29) is 5.41 Å². The highest BCUT2D eigenvalue weighted by atomic mass is 16.3. The lowest BCUT2D eigenvalue weighted by molar-refractivity contribution is 0.353. The van der Waals surface area contributed by atoms with Crippen molar-refractivity contribution < 1.29 is 4.42 Å². The molecule has 0 aliphatic heterocycles. The number of fused-ring (bicyclic) bond motifs is 8. The van der Waals surface area contributed by atoms with Crippen molar-refractivity contribution >= 4 is 21.9 Å². The summed E-state index contributed by atoms with van der Waals surface area (Å²) in [7, 11) is 0. The summed E-state index contributed by atoms with van der Waals surface area (Å²) in [5.41, 5.74) is 14.9. The average Bonchev–Trinajstić information content (AvgIpc) is 3.76. The molecule has 4 nitrogen and oxygen atoms in total. The van der Waals surface area contributed by atoms with Gasteiger partial charge in [0.25, 0.3) is 0 Å². The van der Waals surface area contributed by atoms with Gasteiger partial charge in [0.2, 0.25) is 0 Å². The highest BCUT2D eigenvalue weighted by molar-refractivity contribution is 6.05. The number of hydrogen-bond acceptors (Lipinski definition) is 4. The van der Waals surface area contributed by atoms with E-state index >= 15 is 0 Å². The molecule has 1 saturated carbocycles. The normalized spacial score (nSPS) is 14.3. The summed E-state index contributed by atoms with van der Waals surface area (Å²) in [4.78, 5) is 15.4. The monoisotopic (exact) mass is 707 g/mol. The topological polar surface area (TPSA) is 51.8 Å². The Labute approximate surface area is 320 Å². The Morgan fingerprint density at radius 3 is 1.67 bits per heavy atom. The van der Waals surface area contributed by atoms with Crippen LogP contribution in [0.25, 0.3) is 89.5 Å². The van der Waals surface area contributed by atoms with Crippen LogP contribution in [-0.4, -0.2) is 15.0 Å². The first-order chi connectivity index (χ1) is 27.2. The standard InChI is InChI=1S/C51H37N3O/c1-3-13-33(14-4-1)34-15-11-17-37(29-34)48-52-49(54-50(53-48)39-23-25-42-41-20-6-8-22-46(41)55-47(42)32-39)38-18-12-16-35(30-38)36-24-26-45-43(31-36)40-19-5-7-21-44(40)51(45)27-9-2-10-28-51/h1,3-8,11-26,29-32H,2,9-10,27-28H2. The Morgan fingerprint density at radius 2 is 0.909 bits per heavy atom. The zero-order valence-electron chi connectivity index (χ0n) is 30.4. The van der Waals surface area contributed by atoms with Crippen LogP contribution in [0, 0.1) is 0 Å². The molecule has 2 aromatic heterocycles. The van der Waals surface area contributed by atoms with Crippen LogP contribution in [0.1, 0.15) is 43.2 Å². The second-order valence-corrected chi connectivity index (χ2v) is 15.1. The molecule has 4 heteroatoms. The molecule has 0 saturated heterocycles. The van der Waals surface area contributed by atoms with Crippen molar-refractivity contribution in [2.75, 3.05) is 0 Å². The van der Waals surface area contributed by atoms with Crippen LogP contribution in [0.3, 0.4) is 0 Å². The van der Waals surface area contributed by atoms with Crippen LogP contribution in [-0.2, 0) is 5.41 Å². The maximum absolute atomic E-state index is 6.29. The van der Waals surface area contributed by atoms with Crippen LogP contribution in [0.4, 0.5) is 0 Å². The summed E-state index contributed by atoms with van der Waals surface area (Å²) in [5, 5.41) is 2.17.